The lowest BCUT2D eigenvalue weighted by molar-refractivity contribution is -0.146. The summed E-state index contributed by atoms with van der Waals surface area (Å²) in [4.78, 5) is 11.6. The molecular weight excluding hydrogens is 346 g/mol. The van der Waals surface area contributed by atoms with Crippen molar-refractivity contribution in [3.8, 4) is 0 Å². The van der Waals surface area contributed by atoms with Gasteiger partial charge in [0.05, 0.1) is 12.7 Å². The third kappa shape index (κ3) is 8.46. The second-order valence-electron chi connectivity index (χ2n) is 8.14. The minimum absolute atomic E-state index is 0.129. The summed E-state index contributed by atoms with van der Waals surface area (Å²) >= 11 is 0. The van der Waals surface area contributed by atoms with E-state index in [9.17, 15) is 20.1 Å². The average Bonchev–Trinajstić information content (AvgIpc) is 2.88. The third-order valence-electron chi connectivity index (χ3n) is 5.70. The summed E-state index contributed by atoms with van der Waals surface area (Å²) in [5.74, 6) is -0.713. The van der Waals surface area contributed by atoms with Crippen LogP contribution < -0.4 is 5.73 Å². The lowest BCUT2D eigenvalue weighted by Gasteiger charge is -2.21. The van der Waals surface area contributed by atoms with Gasteiger partial charge in [-0.15, -0.1) is 0 Å². The highest BCUT2D eigenvalue weighted by Gasteiger charge is 2.53. The number of esters is 1. The highest BCUT2D eigenvalue weighted by Crippen LogP contribution is 2.27. The van der Waals surface area contributed by atoms with Gasteiger partial charge in [-0.2, -0.15) is 0 Å². The van der Waals surface area contributed by atoms with E-state index in [4.69, 9.17) is 10.5 Å². The van der Waals surface area contributed by atoms with Crippen LogP contribution in [0, 0.1) is 0 Å². The van der Waals surface area contributed by atoms with Crippen LogP contribution in [0.1, 0.15) is 96.8 Å². The fraction of sp³-hybridized carbons (Fsp3) is 0.952. The zero-order valence-electron chi connectivity index (χ0n) is 17.1. The molecule has 4 atom stereocenters. The summed E-state index contributed by atoms with van der Waals surface area (Å²) < 4.78 is 5.11. The molecule has 1 heterocycles. The van der Waals surface area contributed by atoms with Gasteiger partial charge in [-0.25, -0.2) is 4.79 Å². The summed E-state index contributed by atoms with van der Waals surface area (Å²) in [5, 5.41) is 29.2. The molecule has 1 saturated heterocycles. The van der Waals surface area contributed by atoms with Crippen LogP contribution in [0.3, 0.4) is 0 Å². The molecule has 0 spiro atoms. The van der Waals surface area contributed by atoms with Gasteiger partial charge in [0.1, 0.15) is 12.2 Å². The zero-order chi connectivity index (χ0) is 20.1. The number of unbranched alkanes of at least 4 members (excludes halogenated alkanes) is 9. The van der Waals surface area contributed by atoms with Crippen LogP contribution in [0.4, 0.5) is 0 Å². The molecule has 0 aromatic heterocycles. The third-order valence-corrected chi connectivity index (χ3v) is 5.70. The molecule has 6 nitrogen and oxygen atoms in total. The highest BCUT2D eigenvalue weighted by atomic mass is 16.6. The quantitative estimate of drug-likeness (QED) is 0.239. The van der Waals surface area contributed by atoms with Crippen molar-refractivity contribution >= 4 is 5.97 Å². The average molecular weight is 388 g/mol. The SMILES string of the molecule is CCCCCCC(O)CCCCCCCCC[C@H]1OC(=O)[C@](N)(CO)[C@H]1O. The molecule has 160 valence electrons. The van der Waals surface area contributed by atoms with Crippen molar-refractivity contribution in [1.82, 2.24) is 0 Å². The fourth-order valence-corrected chi connectivity index (χ4v) is 3.70. The predicted octanol–water partition coefficient (Wildman–Crippen LogP) is 2.80. The summed E-state index contributed by atoms with van der Waals surface area (Å²) in [5.41, 5.74) is 4.04. The number of carbonyl (C=O) groups is 1. The molecule has 1 fully saturated rings. The summed E-state index contributed by atoms with van der Waals surface area (Å²) in [6.45, 7) is 1.60. The Morgan fingerprint density at radius 3 is 2.04 bits per heavy atom. The van der Waals surface area contributed by atoms with Gasteiger partial charge >= 0.3 is 5.97 Å². The van der Waals surface area contributed by atoms with Gasteiger partial charge in [0.2, 0.25) is 0 Å². The summed E-state index contributed by atoms with van der Waals surface area (Å²) in [6.07, 6.45) is 13.1. The van der Waals surface area contributed by atoms with Crippen molar-refractivity contribution in [2.24, 2.45) is 5.73 Å². The molecule has 0 aliphatic carbocycles. The van der Waals surface area contributed by atoms with E-state index in [2.05, 4.69) is 6.92 Å². The van der Waals surface area contributed by atoms with Gasteiger partial charge in [-0.05, 0) is 25.7 Å². The minimum Gasteiger partial charge on any atom is -0.458 e. The molecule has 0 radical (unpaired) electrons. The molecule has 0 amide bonds. The second kappa shape index (κ2) is 13.5. The Labute approximate surface area is 164 Å². The number of hydrogen-bond donors (Lipinski definition) is 4. The molecule has 1 aliphatic heterocycles. The smallest absolute Gasteiger partial charge is 0.331 e. The first-order chi connectivity index (χ1) is 13.0. The molecule has 0 saturated carbocycles. The maximum absolute atomic E-state index is 11.6. The lowest BCUT2D eigenvalue weighted by Crippen LogP contribution is -2.57. The van der Waals surface area contributed by atoms with Crippen molar-refractivity contribution in [3.05, 3.63) is 0 Å². The molecule has 6 heteroatoms. The molecule has 1 aliphatic rings. The molecule has 0 aromatic carbocycles. The number of nitrogens with two attached hydrogens (primary N) is 1. The number of ether oxygens (including phenoxy) is 1. The largest absolute Gasteiger partial charge is 0.458 e. The van der Waals surface area contributed by atoms with Gasteiger partial charge in [0, 0.05) is 0 Å². The number of rotatable bonds is 16. The van der Waals surface area contributed by atoms with Crippen LogP contribution in [0.5, 0.6) is 0 Å². The molecular formula is C21H41NO5. The molecule has 1 unspecified atom stereocenters. The summed E-state index contributed by atoms with van der Waals surface area (Å²) in [7, 11) is 0. The van der Waals surface area contributed by atoms with Crippen molar-refractivity contribution in [3.63, 3.8) is 0 Å². The fourth-order valence-electron chi connectivity index (χ4n) is 3.70. The summed E-state index contributed by atoms with van der Waals surface area (Å²) in [6, 6.07) is 0. The van der Waals surface area contributed by atoms with E-state index < -0.39 is 30.3 Å². The van der Waals surface area contributed by atoms with E-state index in [0.717, 1.165) is 57.8 Å². The first-order valence-corrected chi connectivity index (χ1v) is 10.9. The van der Waals surface area contributed by atoms with Crippen molar-refractivity contribution in [2.75, 3.05) is 6.61 Å². The number of aliphatic hydroxyl groups is 3. The van der Waals surface area contributed by atoms with E-state index >= 15 is 0 Å². The number of hydrogen-bond acceptors (Lipinski definition) is 6. The Morgan fingerprint density at radius 1 is 1.00 bits per heavy atom. The van der Waals surface area contributed by atoms with Crippen LogP contribution in [0.2, 0.25) is 0 Å². The molecule has 0 aromatic rings. The van der Waals surface area contributed by atoms with Gasteiger partial charge in [0.15, 0.2) is 5.54 Å². The van der Waals surface area contributed by atoms with Crippen molar-refractivity contribution in [1.29, 1.82) is 0 Å². The van der Waals surface area contributed by atoms with E-state index in [1.54, 1.807) is 0 Å². The van der Waals surface area contributed by atoms with Crippen LogP contribution in [-0.2, 0) is 9.53 Å². The molecule has 5 N–H and O–H groups in total. The van der Waals surface area contributed by atoms with Crippen LogP contribution in [-0.4, -0.2) is 51.7 Å². The maximum atomic E-state index is 11.6. The first-order valence-electron chi connectivity index (χ1n) is 10.9. The first kappa shape index (κ1) is 24.3. The van der Waals surface area contributed by atoms with E-state index in [0.29, 0.717) is 6.42 Å². The predicted molar refractivity (Wildman–Crippen MR) is 106 cm³/mol. The van der Waals surface area contributed by atoms with Crippen LogP contribution >= 0.6 is 0 Å². The van der Waals surface area contributed by atoms with Crippen molar-refractivity contribution in [2.45, 2.75) is 121 Å². The van der Waals surface area contributed by atoms with Crippen LogP contribution in [0.15, 0.2) is 0 Å². The zero-order valence-corrected chi connectivity index (χ0v) is 17.1. The monoisotopic (exact) mass is 387 g/mol. The Balaban J connectivity index is 1.94. The second-order valence-corrected chi connectivity index (χ2v) is 8.14. The van der Waals surface area contributed by atoms with Gasteiger partial charge in [0.25, 0.3) is 0 Å². The lowest BCUT2D eigenvalue weighted by atomic mass is 9.92. The van der Waals surface area contributed by atoms with Gasteiger partial charge < -0.3 is 25.8 Å². The van der Waals surface area contributed by atoms with Gasteiger partial charge in [-0.1, -0.05) is 71.1 Å². The normalized spacial score (nSPS) is 26.3. The number of aliphatic hydroxyl groups excluding tert-OH is 3. The Hall–Kier alpha value is -0.690. The Kier molecular flexibility index (Phi) is 12.2. The standard InChI is InChI=1S/C21H41NO5/c1-2-3-4-10-13-17(24)14-11-8-6-5-7-9-12-15-18-19(25)21(22,16-23)20(26)27-18/h17-19,23-25H,2-16,22H2,1H3/t17?,18-,19+,21+/m1/s1. The van der Waals surface area contributed by atoms with Crippen molar-refractivity contribution < 1.29 is 24.9 Å². The topological polar surface area (TPSA) is 113 Å². The number of cyclic esters (lactones) is 1. The van der Waals surface area contributed by atoms with E-state index in [1.807, 2.05) is 0 Å². The molecule has 27 heavy (non-hydrogen) atoms. The van der Waals surface area contributed by atoms with E-state index in [1.165, 1.54) is 25.7 Å². The minimum atomic E-state index is -1.66. The van der Waals surface area contributed by atoms with Crippen LogP contribution in [0.25, 0.3) is 0 Å². The van der Waals surface area contributed by atoms with E-state index in [-0.39, 0.29) is 6.10 Å². The van der Waals surface area contributed by atoms with Gasteiger partial charge in [-0.3, -0.25) is 0 Å². The Morgan fingerprint density at radius 2 is 1.52 bits per heavy atom. The highest BCUT2D eigenvalue weighted by molar-refractivity contribution is 5.84. The maximum Gasteiger partial charge on any atom is 0.331 e. The Bertz CT molecular complexity index is 406. The number of carbonyl (C=O) groups excluding carboxylic acids is 1. The molecule has 1 rings (SSSR count). The molecule has 0 bridgehead atoms.